The predicted molar refractivity (Wildman–Crippen MR) is 76.2 cm³/mol. The highest BCUT2D eigenvalue weighted by Gasteiger charge is 2.04. The van der Waals surface area contributed by atoms with Gasteiger partial charge in [-0.3, -0.25) is 4.79 Å². The molecule has 0 saturated carbocycles. The number of hydrogen-bond donors (Lipinski definition) is 2. The second kappa shape index (κ2) is 5.69. The van der Waals surface area contributed by atoms with E-state index in [1.807, 2.05) is 24.3 Å². The lowest BCUT2D eigenvalue weighted by Crippen LogP contribution is -2.22. The molecule has 0 saturated heterocycles. The molecule has 0 spiro atoms. The van der Waals surface area contributed by atoms with Crippen molar-refractivity contribution in [2.24, 2.45) is 0 Å². The standard InChI is InChI=1S/C14H13BrN2O/c15-12-3-1-2-10(8-12)9-17-14(18)11-4-6-13(16)7-5-11/h1-8H,9,16H2,(H,17,18). The third-order valence-corrected chi connectivity index (χ3v) is 3.01. The van der Waals surface area contributed by atoms with E-state index in [-0.39, 0.29) is 5.91 Å². The van der Waals surface area contributed by atoms with Gasteiger partial charge in [0.1, 0.15) is 0 Å². The summed E-state index contributed by atoms with van der Waals surface area (Å²) in [6.07, 6.45) is 0. The van der Waals surface area contributed by atoms with Gasteiger partial charge >= 0.3 is 0 Å². The van der Waals surface area contributed by atoms with Crippen LogP contribution in [0.25, 0.3) is 0 Å². The van der Waals surface area contributed by atoms with Crippen molar-refractivity contribution in [3.63, 3.8) is 0 Å². The lowest BCUT2D eigenvalue weighted by Gasteiger charge is -2.06. The van der Waals surface area contributed by atoms with Crippen molar-refractivity contribution in [2.45, 2.75) is 6.54 Å². The Morgan fingerprint density at radius 2 is 1.89 bits per heavy atom. The molecule has 0 aromatic heterocycles. The number of halogens is 1. The molecule has 18 heavy (non-hydrogen) atoms. The van der Waals surface area contributed by atoms with E-state index in [9.17, 15) is 4.79 Å². The summed E-state index contributed by atoms with van der Waals surface area (Å²) in [5.74, 6) is -0.102. The molecule has 1 amide bonds. The molecular formula is C14H13BrN2O. The Kier molecular flexibility index (Phi) is 3.99. The number of nitrogens with two attached hydrogens (primary N) is 1. The Hall–Kier alpha value is -1.81. The van der Waals surface area contributed by atoms with Gasteiger partial charge in [0, 0.05) is 22.3 Å². The molecule has 3 nitrogen and oxygen atoms in total. The van der Waals surface area contributed by atoms with Crippen LogP contribution in [0, 0.1) is 0 Å². The number of rotatable bonds is 3. The average molecular weight is 305 g/mol. The fourth-order valence-corrected chi connectivity index (χ4v) is 2.01. The quantitative estimate of drug-likeness (QED) is 0.857. The molecule has 92 valence electrons. The molecule has 0 atom stereocenters. The van der Waals surface area contributed by atoms with E-state index in [1.165, 1.54) is 0 Å². The second-order valence-corrected chi connectivity index (χ2v) is 4.85. The van der Waals surface area contributed by atoms with Gasteiger partial charge in [-0.05, 0) is 42.0 Å². The van der Waals surface area contributed by atoms with Gasteiger partial charge in [-0.25, -0.2) is 0 Å². The number of benzene rings is 2. The number of amides is 1. The summed E-state index contributed by atoms with van der Waals surface area (Å²) >= 11 is 3.40. The number of nitrogen functional groups attached to an aromatic ring is 1. The van der Waals surface area contributed by atoms with Gasteiger partial charge in [0.05, 0.1) is 0 Å². The van der Waals surface area contributed by atoms with E-state index >= 15 is 0 Å². The van der Waals surface area contributed by atoms with Crippen LogP contribution in [0.15, 0.2) is 53.0 Å². The first kappa shape index (κ1) is 12.6. The van der Waals surface area contributed by atoms with E-state index in [4.69, 9.17) is 5.73 Å². The number of anilines is 1. The first-order valence-electron chi connectivity index (χ1n) is 5.53. The van der Waals surface area contributed by atoms with Crippen LogP contribution in [-0.2, 0) is 6.54 Å². The molecule has 2 aromatic rings. The van der Waals surface area contributed by atoms with E-state index < -0.39 is 0 Å². The summed E-state index contributed by atoms with van der Waals surface area (Å²) < 4.78 is 1.00. The minimum absolute atomic E-state index is 0.102. The Balaban J connectivity index is 1.98. The van der Waals surface area contributed by atoms with Crippen LogP contribution in [0.5, 0.6) is 0 Å². The van der Waals surface area contributed by atoms with Gasteiger partial charge in [0.25, 0.3) is 5.91 Å². The Labute approximate surface area is 114 Å². The van der Waals surface area contributed by atoms with Crippen LogP contribution >= 0.6 is 15.9 Å². The fourth-order valence-electron chi connectivity index (χ4n) is 1.57. The maximum atomic E-state index is 11.9. The fraction of sp³-hybridized carbons (Fsp3) is 0.0714. The van der Waals surface area contributed by atoms with E-state index in [1.54, 1.807) is 24.3 Å². The first-order chi connectivity index (χ1) is 8.65. The van der Waals surface area contributed by atoms with Crippen LogP contribution < -0.4 is 11.1 Å². The summed E-state index contributed by atoms with van der Waals surface area (Å²) in [6, 6.07) is 14.7. The number of hydrogen-bond acceptors (Lipinski definition) is 2. The van der Waals surface area contributed by atoms with Crippen LogP contribution in [0.4, 0.5) is 5.69 Å². The van der Waals surface area contributed by atoms with E-state index in [0.717, 1.165) is 10.0 Å². The van der Waals surface area contributed by atoms with Gasteiger partial charge in [-0.2, -0.15) is 0 Å². The van der Waals surface area contributed by atoms with Crippen molar-refractivity contribution in [2.75, 3.05) is 5.73 Å². The molecular weight excluding hydrogens is 292 g/mol. The van der Waals surface area contributed by atoms with Gasteiger partial charge < -0.3 is 11.1 Å². The zero-order valence-corrected chi connectivity index (χ0v) is 11.3. The Bertz CT molecular complexity index is 552. The van der Waals surface area contributed by atoms with Crippen molar-refractivity contribution in [3.8, 4) is 0 Å². The molecule has 0 bridgehead atoms. The van der Waals surface area contributed by atoms with Crippen LogP contribution in [0.2, 0.25) is 0 Å². The van der Waals surface area contributed by atoms with Crippen molar-refractivity contribution in [3.05, 3.63) is 64.1 Å². The summed E-state index contributed by atoms with van der Waals surface area (Å²) in [7, 11) is 0. The maximum Gasteiger partial charge on any atom is 0.251 e. The second-order valence-electron chi connectivity index (χ2n) is 3.93. The van der Waals surface area contributed by atoms with Crippen LogP contribution in [0.1, 0.15) is 15.9 Å². The molecule has 3 N–H and O–H groups in total. The van der Waals surface area contributed by atoms with Crippen molar-refractivity contribution in [1.82, 2.24) is 5.32 Å². The van der Waals surface area contributed by atoms with Crippen molar-refractivity contribution < 1.29 is 4.79 Å². The number of carbonyl (C=O) groups is 1. The topological polar surface area (TPSA) is 55.1 Å². The molecule has 0 heterocycles. The first-order valence-corrected chi connectivity index (χ1v) is 6.32. The van der Waals surface area contributed by atoms with Crippen molar-refractivity contribution >= 4 is 27.5 Å². The zero-order chi connectivity index (χ0) is 13.0. The minimum atomic E-state index is -0.102. The monoisotopic (exact) mass is 304 g/mol. The zero-order valence-electron chi connectivity index (χ0n) is 9.69. The van der Waals surface area contributed by atoms with Gasteiger partial charge in [0.15, 0.2) is 0 Å². The molecule has 0 unspecified atom stereocenters. The highest BCUT2D eigenvalue weighted by atomic mass is 79.9. The smallest absolute Gasteiger partial charge is 0.251 e. The number of nitrogens with one attached hydrogen (secondary N) is 1. The highest BCUT2D eigenvalue weighted by molar-refractivity contribution is 9.10. The molecule has 4 heteroatoms. The molecule has 0 fully saturated rings. The molecule has 2 aromatic carbocycles. The molecule has 2 rings (SSSR count). The normalized spacial score (nSPS) is 10.1. The summed E-state index contributed by atoms with van der Waals surface area (Å²) in [4.78, 5) is 11.9. The SMILES string of the molecule is Nc1ccc(C(=O)NCc2cccc(Br)c2)cc1. The summed E-state index contributed by atoms with van der Waals surface area (Å²) in [5.41, 5.74) is 7.88. The van der Waals surface area contributed by atoms with Gasteiger partial charge in [-0.1, -0.05) is 28.1 Å². The summed E-state index contributed by atoms with van der Waals surface area (Å²) in [6.45, 7) is 0.503. The minimum Gasteiger partial charge on any atom is -0.399 e. The third kappa shape index (κ3) is 3.34. The van der Waals surface area contributed by atoms with Gasteiger partial charge in [0.2, 0.25) is 0 Å². The van der Waals surface area contributed by atoms with E-state index in [0.29, 0.717) is 17.8 Å². The molecule has 0 aliphatic carbocycles. The molecule has 0 aliphatic rings. The average Bonchev–Trinajstić information content (AvgIpc) is 2.37. The van der Waals surface area contributed by atoms with Crippen molar-refractivity contribution in [1.29, 1.82) is 0 Å². The van der Waals surface area contributed by atoms with Crippen LogP contribution in [-0.4, -0.2) is 5.91 Å². The highest BCUT2D eigenvalue weighted by Crippen LogP contribution is 2.11. The summed E-state index contributed by atoms with van der Waals surface area (Å²) in [5, 5.41) is 2.86. The lowest BCUT2D eigenvalue weighted by atomic mass is 10.2. The van der Waals surface area contributed by atoms with Crippen LogP contribution in [0.3, 0.4) is 0 Å². The van der Waals surface area contributed by atoms with Gasteiger partial charge in [-0.15, -0.1) is 0 Å². The molecule has 0 aliphatic heterocycles. The lowest BCUT2D eigenvalue weighted by molar-refractivity contribution is 0.0951. The maximum absolute atomic E-state index is 11.9. The third-order valence-electron chi connectivity index (χ3n) is 2.51. The Morgan fingerprint density at radius 1 is 1.17 bits per heavy atom. The largest absolute Gasteiger partial charge is 0.399 e. The number of carbonyl (C=O) groups excluding carboxylic acids is 1. The predicted octanol–water partition coefficient (Wildman–Crippen LogP) is 2.96. The molecule has 0 radical (unpaired) electrons. The van der Waals surface area contributed by atoms with E-state index in [2.05, 4.69) is 21.2 Å². The Morgan fingerprint density at radius 3 is 2.56 bits per heavy atom.